The minimum Gasteiger partial charge on any atom is -0.488 e. The lowest BCUT2D eigenvalue weighted by atomic mass is 10.1. The fourth-order valence-electron chi connectivity index (χ4n) is 2.77. The second-order valence-corrected chi connectivity index (χ2v) is 8.17. The minimum absolute atomic E-state index is 0.227. The molecule has 170 valence electrons. The molecular formula is C24H20Cl3N3O3. The van der Waals surface area contributed by atoms with Crippen molar-refractivity contribution in [3.63, 3.8) is 0 Å². The molecule has 3 aromatic carbocycles. The molecule has 3 aromatic rings. The van der Waals surface area contributed by atoms with Gasteiger partial charge in [0.2, 0.25) is 0 Å². The Balaban J connectivity index is 1.61. The van der Waals surface area contributed by atoms with Crippen LogP contribution in [-0.4, -0.2) is 18.0 Å². The predicted octanol–water partition coefficient (Wildman–Crippen LogP) is 5.88. The fourth-order valence-corrected chi connectivity index (χ4v) is 3.27. The molecule has 9 heteroatoms. The zero-order chi connectivity index (χ0) is 23.8. The Bertz CT molecular complexity index is 1180. The Kier molecular flexibility index (Phi) is 8.72. The number of rotatable bonds is 7. The Labute approximate surface area is 206 Å². The third-order valence-corrected chi connectivity index (χ3v) is 5.52. The van der Waals surface area contributed by atoms with E-state index in [1.54, 1.807) is 48.5 Å². The van der Waals surface area contributed by atoms with Crippen LogP contribution in [0.2, 0.25) is 15.1 Å². The Morgan fingerprint density at radius 1 is 0.909 bits per heavy atom. The summed E-state index contributed by atoms with van der Waals surface area (Å²) in [4.78, 5) is 24.1. The summed E-state index contributed by atoms with van der Waals surface area (Å²) in [5.74, 6) is -1.27. The highest BCUT2D eigenvalue weighted by molar-refractivity contribution is 6.42. The topological polar surface area (TPSA) is 79.8 Å². The standard InChI is InChI=1S/C24H20Cl3N3O3/c1-2-15-3-7-19(8-4-15)29-23(31)24(32)30-28-13-17-12-18(25)6-10-22(17)33-14-16-5-9-20(26)21(27)11-16/h3-13H,2,14H2,1H3,(H,29,31)(H,30,32)/b28-13-. The highest BCUT2D eigenvalue weighted by Crippen LogP contribution is 2.25. The third-order valence-electron chi connectivity index (χ3n) is 4.55. The number of hydrogen-bond acceptors (Lipinski definition) is 4. The summed E-state index contributed by atoms with van der Waals surface area (Å²) in [5, 5.41) is 7.71. The van der Waals surface area contributed by atoms with Crippen molar-refractivity contribution in [1.29, 1.82) is 0 Å². The van der Waals surface area contributed by atoms with Crippen molar-refractivity contribution in [3.05, 3.63) is 92.4 Å². The molecular weight excluding hydrogens is 485 g/mol. The van der Waals surface area contributed by atoms with Gasteiger partial charge in [-0.2, -0.15) is 5.10 Å². The van der Waals surface area contributed by atoms with E-state index < -0.39 is 11.8 Å². The van der Waals surface area contributed by atoms with E-state index in [-0.39, 0.29) is 6.61 Å². The van der Waals surface area contributed by atoms with E-state index in [9.17, 15) is 9.59 Å². The lowest BCUT2D eigenvalue weighted by Crippen LogP contribution is -2.32. The lowest BCUT2D eigenvalue weighted by molar-refractivity contribution is -0.136. The molecule has 0 saturated heterocycles. The number of aryl methyl sites for hydroxylation is 1. The SMILES string of the molecule is CCc1ccc(NC(=O)C(=O)N/N=C\c2cc(Cl)ccc2OCc2ccc(Cl)c(Cl)c2)cc1. The number of ether oxygens (including phenoxy) is 1. The van der Waals surface area contributed by atoms with Crippen LogP contribution in [0.4, 0.5) is 5.69 Å². The number of halogens is 3. The Morgan fingerprint density at radius 3 is 2.33 bits per heavy atom. The van der Waals surface area contributed by atoms with Crippen molar-refractivity contribution < 1.29 is 14.3 Å². The van der Waals surface area contributed by atoms with Crippen LogP contribution in [0.5, 0.6) is 5.75 Å². The third kappa shape index (κ3) is 7.22. The Hall–Kier alpha value is -3.06. The molecule has 0 heterocycles. The smallest absolute Gasteiger partial charge is 0.329 e. The Morgan fingerprint density at radius 2 is 1.64 bits per heavy atom. The van der Waals surface area contributed by atoms with Crippen LogP contribution < -0.4 is 15.5 Å². The van der Waals surface area contributed by atoms with Gasteiger partial charge in [-0.1, -0.05) is 59.9 Å². The molecule has 33 heavy (non-hydrogen) atoms. The molecule has 2 amide bonds. The van der Waals surface area contributed by atoms with Gasteiger partial charge in [-0.15, -0.1) is 0 Å². The van der Waals surface area contributed by atoms with Crippen molar-refractivity contribution in [2.75, 3.05) is 5.32 Å². The van der Waals surface area contributed by atoms with Crippen LogP contribution in [0.15, 0.2) is 65.8 Å². The van der Waals surface area contributed by atoms with Gasteiger partial charge in [0, 0.05) is 16.3 Å². The number of amides is 2. The molecule has 6 nitrogen and oxygen atoms in total. The molecule has 0 aromatic heterocycles. The van der Waals surface area contributed by atoms with Crippen LogP contribution in [0.1, 0.15) is 23.6 Å². The van der Waals surface area contributed by atoms with Crippen molar-refractivity contribution in [3.8, 4) is 5.75 Å². The second kappa shape index (κ2) is 11.7. The minimum atomic E-state index is -0.911. The first kappa shape index (κ1) is 24.6. The monoisotopic (exact) mass is 503 g/mol. The molecule has 0 fully saturated rings. The molecule has 0 atom stereocenters. The van der Waals surface area contributed by atoms with Crippen molar-refractivity contribution >= 4 is 58.5 Å². The fraction of sp³-hybridized carbons (Fsp3) is 0.125. The van der Waals surface area contributed by atoms with Crippen molar-refractivity contribution in [2.24, 2.45) is 5.10 Å². The summed E-state index contributed by atoms with van der Waals surface area (Å²) in [6.07, 6.45) is 2.23. The summed E-state index contributed by atoms with van der Waals surface area (Å²) in [5.41, 5.74) is 5.17. The number of hydrogen-bond donors (Lipinski definition) is 2. The number of nitrogens with one attached hydrogen (secondary N) is 2. The number of anilines is 1. The summed E-state index contributed by atoms with van der Waals surface area (Å²) in [6, 6.07) is 17.4. The maximum atomic E-state index is 12.1. The van der Waals surface area contributed by atoms with Crippen LogP contribution in [-0.2, 0) is 22.6 Å². The molecule has 0 saturated carbocycles. The van der Waals surface area contributed by atoms with E-state index in [4.69, 9.17) is 39.5 Å². The van der Waals surface area contributed by atoms with Crippen LogP contribution in [0.25, 0.3) is 0 Å². The quantitative estimate of drug-likeness (QED) is 0.240. The van der Waals surface area contributed by atoms with Gasteiger partial charge < -0.3 is 10.1 Å². The van der Waals surface area contributed by atoms with Gasteiger partial charge in [-0.25, -0.2) is 5.43 Å². The molecule has 2 N–H and O–H groups in total. The number of benzene rings is 3. The highest BCUT2D eigenvalue weighted by Gasteiger charge is 2.13. The largest absolute Gasteiger partial charge is 0.488 e. The molecule has 0 aliphatic heterocycles. The normalized spacial score (nSPS) is 10.8. The van der Waals surface area contributed by atoms with E-state index in [1.165, 1.54) is 6.21 Å². The van der Waals surface area contributed by atoms with Crippen molar-refractivity contribution in [2.45, 2.75) is 20.0 Å². The van der Waals surface area contributed by atoms with E-state index >= 15 is 0 Å². The van der Waals surface area contributed by atoms with E-state index in [2.05, 4.69) is 15.8 Å². The van der Waals surface area contributed by atoms with Crippen LogP contribution >= 0.6 is 34.8 Å². The van der Waals surface area contributed by atoms with Gasteiger partial charge in [0.1, 0.15) is 12.4 Å². The molecule has 0 unspecified atom stereocenters. The molecule has 0 radical (unpaired) electrons. The summed E-state index contributed by atoms with van der Waals surface area (Å²) < 4.78 is 5.83. The first-order valence-corrected chi connectivity index (χ1v) is 11.1. The summed E-state index contributed by atoms with van der Waals surface area (Å²) >= 11 is 18.0. The molecule has 0 bridgehead atoms. The van der Waals surface area contributed by atoms with E-state index in [0.717, 1.165) is 17.5 Å². The lowest BCUT2D eigenvalue weighted by Gasteiger charge is -2.10. The van der Waals surface area contributed by atoms with Gasteiger partial charge in [0.05, 0.1) is 16.3 Å². The van der Waals surface area contributed by atoms with E-state index in [1.807, 2.05) is 19.1 Å². The van der Waals surface area contributed by atoms with E-state index in [0.29, 0.717) is 32.1 Å². The number of nitrogens with zero attached hydrogens (tertiary/aromatic N) is 1. The zero-order valence-corrected chi connectivity index (χ0v) is 19.8. The molecule has 0 spiro atoms. The van der Waals surface area contributed by atoms with Gasteiger partial charge in [0.15, 0.2) is 0 Å². The maximum absolute atomic E-state index is 12.1. The van der Waals surface area contributed by atoms with Gasteiger partial charge in [-0.3, -0.25) is 9.59 Å². The molecule has 0 aliphatic rings. The highest BCUT2D eigenvalue weighted by atomic mass is 35.5. The molecule has 3 rings (SSSR count). The maximum Gasteiger partial charge on any atom is 0.329 e. The van der Waals surface area contributed by atoms with Crippen LogP contribution in [0.3, 0.4) is 0 Å². The van der Waals surface area contributed by atoms with Crippen molar-refractivity contribution in [1.82, 2.24) is 5.43 Å². The predicted molar refractivity (Wildman–Crippen MR) is 132 cm³/mol. The first-order valence-electron chi connectivity index (χ1n) is 9.95. The first-order chi connectivity index (χ1) is 15.9. The summed E-state index contributed by atoms with van der Waals surface area (Å²) in [6.45, 7) is 2.26. The number of carbonyl (C=O) groups excluding carboxylic acids is 2. The second-order valence-electron chi connectivity index (χ2n) is 6.92. The molecule has 0 aliphatic carbocycles. The number of hydrazone groups is 1. The summed E-state index contributed by atoms with van der Waals surface area (Å²) in [7, 11) is 0. The average Bonchev–Trinajstić information content (AvgIpc) is 2.81. The zero-order valence-electron chi connectivity index (χ0n) is 17.6. The number of carbonyl (C=O) groups is 2. The van der Waals surface area contributed by atoms with Crippen LogP contribution in [0, 0.1) is 0 Å². The van der Waals surface area contributed by atoms with Gasteiger partial charge >= 0.3 is 11.8 Å². The van der Waals surface area contributed by atoms with Gasteiger partial charge in [-0.05, 0) is 60.0 Å². The average molecular weight is 505 g/mol. The van der Waals surface area contributed by atoms with Gasteiger partial charge in [0.25, 0.3) is 0 Å².